The number of thiol groups is 1. The van der Waals surface area contributed by atoms with Gasteiger partial charge in [0.15, 0.2) is 41.5 Å². The van der Waals surface area contributed by atoms with Gasteiger partial charge in [0.1, 0.15) is 42.1 Å². The number of hydrogen-bond acceptors (Lipinski definition) is 19. The first-order chi connectivity index (χ1) is 24.1. The van der Waals surface area contributed by atoms with Crippen LogP contribution in [0.2, 0.25) is 0 Å². The molecule has 8 atom stereocenters. The Labute approximate surface area is 287 Å². The monoisotopic (exact) mass is 740 g/mol. The Morgan fingerprint density at radius 1 is 1.04 bits per heavy atom. The van der Waals surface area contributed by atoms with Gasteiger partial charge < -0.3 is 45.5 Å². The van der Waals surface area contributed by atoms with Crippen molar-refractivity contribution in [1.82, 2.24) is 44.4 Å². The van der Waals surface area contributed by atoms with Crippen molar-refractivity contribution in [3.05, 3.63) is 25.3 Å². The molecule has 2 saturated heterocycles. The van der Waals surface area contributed by atoms with Crippen LogP contribution in [0.15, 0.2) is 35.6 Å². The minimum absolute atomic E-state index is 0.0904. The largest absolute Gasteiger partial charge is 0.438 e. The summed E-state index contributed by atoms with van der Waals surface area (Å²) in [4.78, 5) is 37.6. The summed E-state index contributed by atoms with van der Waals surface area (Å²) >= 11 is 3.86. The van der Waals surface area contributed by atoms with Crippen molar-refractivity contribution in [2.24, 2.45) is 16.2 Å². The van der Waals surface area contributed by atoms with Gasteiger partial charge in [-0.05, 0) is 19.3 Å². The smallest absolute Gasteiger partial charge is 0.407 e. The molecule has 4 aromatic rings. The predicted molar refractivity (Wildman–Crippen MR) is 173 cm³/mol. The fourth-order valence-corrected chi connectivity index (χ4v) is 6.93. The third-order valence-corrected chi connectivity index (χ3v) is 9.21. The molecular formula is C25H34FN14O8PS. The molecule has 22 nitrogen and oxygen atoms in total. The highest BCUT2D eigenvalue weighted by Crippen LogP contribution is 2.50. The Bertz CT molecular complexity index is 1890. The number of halogens is 1. The summed E-state index contributed by atoms with van der Waals surface area (Å²) < 4.78 is 66.6. The van der Waals surface area contributed by atoms with Crippen LogP contribution in [0.3, 0.4) is 0 Å². The van der Waals surface area contributed by atoms with Crippen molar-refractivity contribution >= 4 is 60.6 Å². The summed E-state index contributed by atoms with van der Waals surface area (Å²) in [7, 11) is -4.01. The van der Waals surface area contributed by atoms with E-state index < -0.39 is 56.7 Å². The minimum atomic E-state index is -4.01. The molecule has 1 amide bonds. The van der Waals surface area contributed by atoms with Crippen molar-refractivity contribution in [2.45, 2.75) is 55.9 Å². The first-order valence-electron chi connectivity index (χ1n) is 15.1. The Hall–Kier alpha value is -4.32. The van der Waals surface area contributed by atoms with E-state index in [1.165, 1.54) is 41.1 Å². The Balaban J connectivity index is 1.18. The van der Waals surface area contributed by atoms with E-state index >= 15 is 4.39 Å². The third kappa shape index (κ3) is 7.55. The Morgan fingerprint density at radius 2 is 1.70 bits per heavy atom. The molecule has 0 aliphatic carbocycles. The third-order valence-electron chi connectivity index (χ3n) is 7.81. The summed E-state index contributed by atoms with van der Waals surface area (Å²) in [6.07, 6.45) is -3.37. The van der Waals surface area contributed by atoms with Crippen molar-refractivity contribution in [3.63, 3.8) is 0 Å². The summed E-state index contributed by atoms with van der Waals surface area (Å²) in [5.74, 6) is 5.26. The maximum atomic E-state index is 15.2. The van der Waals surface area contributed by atoms with E-state index in [-0.39, 0.29) is 55.5 Å². The predicted octanol–water partition coefficient (Wildman–Crippen LogP) is 1.25. The lowest BCUT2D eigenvalue weighted by Gasteiger charge is -2.27. The molecule has 2 aliphatic heterocycles. The van der Waals surface area contributed by atoms with E-state index in [1.54, 1.807) is 0 Å². The highest BCUT2D eigenvalue weighted by molar-refractivity contribution is 7.75. The van der Waals surface area contributed by atoms with E-state index in [9.17, 15) is 9.36 Å². The molecule has 4 aromatic heterocycles. The SMILES string of the molecule is CP(=O)(OC[C@@H]1C[C@@H](F)[C@H](n2cnc3c(N)ncnc32)O1)O[C@@H]1C(COS)O[C@@H](n2cnc3c(N)ncnc32)[C@@H]1OC(=O)NCCCN=NN. The Kier molecular flexibility index (Phi) is 10.9. The molecule has 2 aliphatic rings. The number of rotatable bonds is 14. The average molecular weight is 741 g/mol. The lowest BCUT2D eigenvalue weighted by molar-refractivity contribution is -0.0478. The number of hydrogen-bond donors (Lipinski definition) is 5. The number of nitrogens with one attached hydrogen (secondary N) is 1. The standard InChI is InChI=1S/C25H34FN14O8PS/c1-49(42,43-6-12-5-13(26)23(45-12)39-10-35-15-19(27)31-8-33-21(15)39)48-17-14(7-44-50)46-24(18(17)47-25(41)30-3-2-4-37-38-29)40-11-36-16-20(28)32-9-34-22(16)40/h8-14,17-18,23-24,50H,2-7H2,1H3,(H2,29,37)(H,30,41)(H2,27,31,33)(H2,28,32,34)/t12-,13+,14?,17+,18+,23+,24+,49?/m0/s1. The summed E-state index contributed by atoms with van der Waals surface area (Å²) in [6.45, 7) is 1.15. The van der Waals surface area contributed by atoms with E-state index in [0.29, 0.717) is 17.6 Å². The van der Waals surface area contributed by atoms with E-state index in [1.807, 2.05) is 0 Å². The number of alkyl carbamates (subject to hydrolysis) is 1. The zero-order chi connectivity index (χ0) is 35.4. The van der Waals surface area contributed by atoms with E-state index in [4.69, 9.17) is 44.8 Å². The van der Waals surface area contributed by atoms with Crippen LogP contribution in [-0.4, -0.2) is 109 Å². The fraction of sp³-hybridized carbons (Fsp3) is 0.560. The van der Waals surface area contributed by atoms with Crippen LogP contribution in [0.1, 0.15) is 25.3 Å². The van der Waals surface area contributed by atoms with Gasteiger partial charge in [-0.2, -0.15) is 5.11 Å². The number of imidazole rings is 2. The lowest BCUT2D eigenvalue weighted by atomic mass is 10.1. The van der Waals surface area contributed by atoms with Crippen molar-refractivity contribution in [1.29, 1.82) is 0 Å². The number of carbonyl (C=O) groups excluding carboxylic acids is 1. The zero-order valence-electron chi connectivity index (χ0n) is 26.3. The van der Waals surface area contributed by atoms with Gasteiger partial charge in [-0.15, -0.1) is 0 Å². The number of aromatic nitrogens is 8. The number of amides is 1. The number of nitrogens with zero attached hydrogens (tertiary/aromatic N) is 10. The molecule has 0 saturated carbocycles. The second kappa shape index (κ2) is 15.3. The van der Waals surface area contributed by atoms with Gasteiger partial charge in [-0.3, -0.25) is 18.2 Å². The first-order valence-corrected chi connectivity index (χ1v) is 17.4. The minimum Gasteiger partial charge on any atom is -0.438 e. The van der Waals surface area contributed by atoms with Crippen LogP contribution >= 0.6 is 20.5 Å². The number of fused-ring (bicyclic) bond motifs is 2. The maximum Gasteiger partial charge on any atom is 0.407 e. The van der Waals surface area contributed by atoms with Crippen molar-refractivity contribution in [3.8, 4) is 0 Å². The quantitative estimate of drug-likeness (QED) is 0.0231. The molecule has 270 valence electrons. The van der Waals surface area contributed by atoms with E-state index in [0.717, 1.165) is 0 Å². The van der Waals surface area contributed by atoms with Gasteiger partial charge in [0.05, 0.1) is 38.5 Å². The zero-order valence-corrected chi connectivity index (χ0v) is 28.1. The molecule has 6 heterocycles. The number of alkyl halides is 1. The highest BCUT2D eigenvalue weighted by Gasteiger charge is 2.52. The van der Waals surface area contributed by atoms with Crippen LogP contribution in [-0.2, 0) is 32.0 Å². The van der Waals surface area contributed by atoms with Gasteiger partial charge in [-0.1, -0.05) is 5.22 Å². The van der Waals surface area contributed by atoms with Gasteiger partial charge >= 0.3 is 13.7 Å². The molecule has 0 radical (unpaired) electrons. The number of nitrogens with two attached hydrogens (primary N) is 3. The van der Waals surface area contributed by atoms with Crippen LogP contribution in [0, 0.1) is 0 Å². The van der Waals surface area contributed by atoms with Crippen LogP contribution in [0.25, 0.3) is 22.3 Å². The van der Waals surface area contributed by atoms with Crippen molar-refractivity contribution < 1.29 is 41.2 Å². The fourth-order valence-electron chi connectivity index (χ4n) is 5.59. The molecule has 25 heteroatoms. The van der Waals surface area contributed by atoms with Crippen LogP contribution < -0.4 is 22.6 Å². The summed E-state index contributed by atoms with van der Waals surface area (Å²) in [5.41, 5.74) is 13.0. The van der Waals surface area contributed by atoms with Gasteiger partial charge in [0, 0.05) is 19.6 Å². The molecule has 6 rings (SSSR count). The molecule has 2 unspecified atom stereocenters. The molecule has 0 aromatic carbocycles. The Morgan fingerprint density at radius 3 is 2.34 bits per heavy atom. The molecular weight excluding hydrogens is 706 g/mol. The second-order valence-electron chi connectivity index (χ2n) is 11.2. The van der Waals surface area contributed by atoms with Gasteiger partial charge in [-0.25, -0.2) is 39.1 Å². The first kappa shape index (κ1) is 35.5. The molecule has 50 heavy (non-hydrogen) atoms. The highest BCUT2D eigenvalue weighted by atomic mass is 32.1. The number of nitrogen functional groups attached to an aromatic ring is 2. The molecule has 7 N–H and O–H groups in total. The second-order valence-corrected chi connectivity index (χ2v) is 13.5. The van der Waals surface area contributed by atoms with Crippen LogP contribution in [0.4, 0.5) is 20.8 Å². The number of carbonyl (C=O) groups is 1. The van der Waals surface area contributed by atoms with Crippen LogP contribution in [0.5, 0.6) is 0 Å². The molecule has 0 spiro atoms. The lowest BCUT2D eigenvalue weighted by Crippen LogP contribution is -2.41. The summed E-state index contributed by atoms with van der Waals surface area (Å²) in [5, 5.41) is 9.42. The molecule has 2 fully saturated rings. The number of ether oxygens (including phenoxy) is 3. The normalized spacial score (nSPS) is 26.6. The topological polar surface area (TPSA) is 292 Å². The summed E-state index contributed by atoms with van der Waals surface area (Å²) in [6, 6.07) is 0. The molecule has 0 bridgehead atoms. The number of anilines is 2. The van der Waals surface area contributed by atoms with Crippen molar-refractivity contribution in [2.75, 3.05) is 44.4 Å². The average Bonchev–Trinajstić information content (AvgIpc) is 3.86. The maximum absolute atomic E-state index is 15.2. The van der Waals surface area contributed by atoms with Gasteiger partial charge in [0.25, 0.3) is 0 Å². The van der Waals surface area contributed by atoms with E-state index in [2.05, 4.69) is 58.5 Å². The van der Waals surface area contributed by atoms with Gasteiger partial charge in [0.2, 0.25) is 0 Å².